The van der Waals surface area contributed by atoms with E-state index < -0.39 is 0 Å². The first-order valence-electron chi connectivity index (χ1n) is 5.91. The lowest BCUT2D eigenvalue weighted by molar-refractivity contribution is 0.691. The molecule has 2 aromatic carbocycles. The van der Waals surface area contributed by atoms with Crippen LogP contribution in [0.3, 0.4) is 0 Å². The second kappa shape index (κ2) is 6.27. The van der Waals surface area contributed by atoms with Gasteiger partial charge in [0.1, 0.15) is 0 Å². The highest BCUT2D eigenvalue weighted by atomic mass is 79.9. The number of rotatable bonds is 3. The van der Waals surface area contributed by atoms with E-state index in [9.17, 15) is 0 Å². The molecule has 19 heavy (non-hydrogen) atoms. The van der Waals surface area contributed by atoms with Crippen LogP contribution in [0.25, 0.3) is 0 Å². The minimum Gasteiger partial charge on any atom is -0.309 e. The van der Waals surface area contributed by atoms with Crippen LogP contribution in [-0.2, 0) is 0 Å². The van der Waals surface area contributed by atoms with Gasteiger partial charge >= 0.3 is 0 Å². The zero-order valence-electron chi connectivity index (χ0n) is 10.7. The van der Waals surface area contributed by atoms with Gasteiger partial charge in [0.2, 0.25) is 0 Å². The third-order valence-electron chi connectivity index (χ3n) is 3.09. The molecule has 2 aromatic rings. The summed E-state index contributed by atoms with van der Waals surface area (Å²) in [7, 11) is 1.92. The standard InChI is InChI=1S/C15H14BrCl2N/c1-9-3-4-10(7-13(9)16)15(19-2)12-6-5-11(17)8-14(12)18/h3-8,15,19H,1-2H3. The monoisotopic (exact) mass is 357 g/mol. The summed E-state index contributed by atoms with van der Waals surface area (Å²) in [6.45, 7) is 2.07. The Morgan fingerprint density at radius 2 is 1.84 bits per heavy atom. The first-order chi connectivity index (χ1) is 9.02. The summed E-state index contributed by atoms with van der Waals surface area (Å²) in [5.74, 6) is 0. The van der Waals surface area contributed by atoms with Gasteiger partial charge in [0, 0.05) is 14.5 Å². The van der Waals surface area contributed by atoms with Gasteiger partial charge in [-0.1, -0.05) is 57.3 Å². The Morgan fingerprint density at radius 1 is 1.11 bits per heavy atom. The summed E-state index contributed by atoms with van der Waals surface area (Å²) in [5, 5.41) is 4.61. The van der Waals surface area contributed by atoms with E-state index in [4.69, 9.17) is 23.2 Å². The summed E-state index contributed by atoms with van der Waals surface area (Å²) in [5.41, 5.74) is 3.38. The number of halogens is 3. The molecule has 0 heterocycles. The van der Waals surface area contributed by atoms with Crippen LogP contribution in [0.5, 0.6) is 0 Å². The molecule has 0 aliphatic rings. The van der Waals surface area contributed by atoms with E-state index >= 15 is 0 Å². The second-order valence-corrected chi connectivity index (χ2v) is 6.09. The van der Waals surface area contributed by atoms with E-state index in [1.807, 2.05) is 19.2 Å². The molecule has 2 rings (SSSR count). The summed E-state index contributed by atoms with van der Waals surface area (Å²) in [6.07, 6.45) is 0. The van der Waals surface area contributed by atoms with Crippen molar-refractivity contribution in [1.29, 1.82) is 0 Å². The lowest BCUT2D eigenvalue weighted by Crippen LogP contribution is -2.18. The largest absolute Gasteiger partial charge is 0.309 e. The Balaban J connectivity index is 2.46. The van der Waals surface area contributed by atoms with Crippen molar-refractivity contribution in [1.82, 2.24) is 5.32 Å². The van der Waals surface area contributed by atoms with Crippen molar-refractivity contribution < 1.29 is 0 Å². The van der Waals surface area contributed by atoms with Gasteiger partial charge < -0.3 is 5.32 Å². The fraction of sp³-hybridized carbons (Fsp3) is 0.200. The van der Waals surface area contributed by atoms with Crippen molar-refractivity contribution in [2.45, 2.75) is 13.0 Å². The van der Waals surface area contributed by atoms with Gasteiger partial charge in [0.25, 0.3) is 0 Å². The molecular formula is C15H14BrCl2N. The van der Waals surface area contributed by atoms with Crippen molar-refractivity contribution >= 4 is 39.1 Å². The van der Waals surface area contributed by atoms with Crippen LogP contribution >= 0.6 is 39.1 Å². The van der Waals surface area contributed by atoms with E-state index in [0.29, 0.717) is 10.0 Å². The van der Waals surface area contributed by atoms with Gasteiger partial charge in [-0.3, -0.25) is 0 Å². The highest BCUT2D eigenvalue weighted by Crippen LogP contribution is 2.32. The van der Waals surface area contributed by atoms with Gasteiger partial charge in [-0.2, -0.15) is 0 Å². The molecule has 0 fully saturated rings. The summed E-state index contributed by atoms with van der Waals surface area (Å²) < 4.78 is 1.09. The molecule has 0 aliphatic carbocycles. The van der Waals surface area contributed by atoms with Crippen LogP contribution in [0.15, 0.2) is 40.9 Å². The third-order valence-corrected chi connectivity index (χ3v) is 4.51. The molecule has 4 heteroatoms. The maximum Gasteiger partial charge on any atom is 0.0589 e. The molecule has 0 radical (unpaired) electrons. The molecular weight excluding hydrogens is 345 g/mol. The molecule has 0 aromatic heterocycles. The normalized spacial score (nSPS) is 12.5. The average molecular weight is 359 g/mol. The van der Waals surface area contributed by atoms with Gasteiger partial charge in [-0.05, 0) is 48.9 Å². The third kappa shape index (κ3) is 3.32. The number of hydrogen-bond donors (Lipinski definition) is 1. The van der Waals surface area contributed by atoms with Gasteiger partial charge in [0.15, 0.2) is 0 Å². The van der Waals surface area contributed by atoms with E-state index in [-0.39, 0.29) is 6.04 Å². The number of nitrogens with one attached hydrogen (secondary N) is 1. The Bertz CT molecular complexity index is 599. The Morgan fingerprint density at radius 3 is 2.42 bits per heavy atom. The quantitative estimate of drug-likeness (QED) is 0.777. The summed E-state index contributed by atoms with van der Waals surface area (Å²) >= 11 is 15.8. The van der Waals surface area contributed by atoms with Crippen LogP contribution in [0, 0.1) is 6.92 Å². The fourth-order valence-corrected chi connectivity index (χ4v) is 2.94. The first-order valence-corrected chi connectivity index (χ1v) is 7.46. The Kier molecular flexibility index (Phi) is 4.91. The molecule has 1 nitrogen and oxygen atoms in total. The lowest BCUT2D eigenvalue weighted by atomic mass is 9.98. The molecule has 0 aliphatic heterocycles. The number of hydrogen-bond acceptors (Lipinski definition) is 1. The lowest BCUT2D eigenvalue weighted by Gasteiger charge is -2.19. The highest BCUT2D eigenvalue weighted by molar-refractivity contribution is 9.10. The van der Waals surface area contributed by atoms with Crippen molar-refractivity contribution in [2.75, 3.05) is 7.05 Å². The second-order valence-electron chi connectivity index (χ2n) is 4.40. The Labute approximate surface area is 132 Å². The van der Waals surface area contributed by atoms with E-state index in [1.54, 1.807) is 6.07 Å². The summed E-state index contributed by atoms with van der Waals surface area (Å²) in [4.78, 5) is 0. The summed E-state index contributed by atoms with van der Waals surface area (Å²) in [6, 6.07) is 11.9. The van der Waals surface area contributed by atoms with Crippen molar-refractivity contribution in [3.8, 4) is 0 Å². The smallest absolute Gasteiger partial charge is 0.0589 e. The van der Waals surface area contributed by atoms with Crippen molar-refractivity contribution in [2.24, 2.45) is 0 Å². The molecule has 0 amide bonds. The van der Waals surface area contributed by atoms with Gasteiger partial charge in [-0.25, -0.2) is 0 Å². The molecule has 1 atom stereocenters. The average Bonchev–Trinajstić information content (AvgIpc) is 2.37. The zero-order chi connectivity index (χ0) is 14.0. The highest BCUT2D eigenvalue weighted by Gasteiger charge is 2.16. The number of benzene rings is 2. The van der Waals surface area contributed by atoms with Gasteiger partial charge in [0.05, 0.1) is 6.04 Å². The topological polar surface area (TPSA) is 12.0 Å². The van der Waals surface area contributed by atoms with E-state index in [1.165, 1.54) is 5.56 Å². The molecule has 0 bridgehead atoms. The maximum absolute atomic E-state index is 6.29. The molecule has 0 saturated heterocycles. The minimum atomic E-state index is 0.0432. The fourth-order valence-electron chi connectivity index (χ4n) is 2.03. The zero-order valence-corrected chi connectivity index (χ0v) is 13.8. The molecule has 0 spiro atoms. The van der Waals surface area contributed by atoms with Crippen molar-refractivity contribution in [3.05, 3.63) is 67.6 Å². The van der Waals surface area contributed by atoms with E-state index in [2.05, 4.69) is 46.4 Å². The predicted molar refractivity (Wildman–Crippen MR) is 86.2 cm³/mol. The molecule has 0 saturated carbocycles. The number of aryl methyl sites for hydroxylation is 1. The van der Waals surface area contributed by atoms with Crippen LogP contribution in [0.4, 0.5) is 0 Å². The van der Waals surface area contributed by atoms with Crippen molar-refractivity contribution in [3.63, 3.8) is 0 Å². The molecule has 1 unspecified atom stereocenters. The Hall–Kier alpha value is -0.540. The van der Waals surface area contributed by atoms with E-state index in [0.717, 1.165) is 15.6 Å². The minimum absolute atomic E-state index is 0.0432. The first kappa shape index (κ1) is 14.9. The van der Waals surface area contributed by atoms with Crippen LogP contribution in [0.2, 0.25) is 10.0 Å². The van der Waals surface area contributed by atoms with Crippen LogP contribution in [-0.4, -0.2) is 7.05 Å². The molecule has 100 valence electrons. The van der Waals surface area contributed by atoms with Crippen LogP contribution < -0.4 is 5.32 Å². The predicted octanol–water partition coefficient (Wildman–Crippen LogP) is 5.37. The van der Waals surface area contributed by atoms with Crippen LogP contribution in [0.1, 0.15) is 22.7 Å². The molecule has 1 N–H and O–H groups in total. The maximum atomic E-state index is 6.29. The van der Waals surface area contributed by atoms with Gasteiger partial charge in [-0.15, -0.1) is 0 Å². The SMILES string of the molecule is CNC(c1ccc(C)c(Br)c1)c1ccc(Cl)cc1Cl.